The molecule has 13 nitrogen and oxygen atoms in total. The van der Waals surface area contributed by atoms with Gasteiger partial charge in [-0.15, -0.1) is 23.2 Å². The molecule has 4 aromatic rings. The molecule has 3 aliphatic rings. The van der Waals surface area contributed by atoms with Crippen LogP contribution in [0.15, 0.2) is 72.5 Å². The Hall–Kier alpha value is -4.30. The summed E-state index contributed by atoms with van der Waals surface area (Å²) in [5.41, 5.74) is 0.0356. The zero-order chi connectivity index (χ0) is 36.0. The first-order chi connectivity index (χ1) is 23.7. The largest absolute Gasteiger partial charge is 0.508 e. The minimum atomic E-state index is -2.20. The third-order valence-corrected chi connectivity index (χ3v) is 12.1. The Morgan fingerprint density at radius 2 is 1.58 bits per heavy atom. The highest BCUT2D eigenvalue weighted by atomic mass is 35.5. The van der Waals surface area contributed by atoms with Gasteiger partial charge in [0.2, 0.25) is 0 Å². The summed E-state index contributed by atoms with van der Waals surface area (Å²) < 4.78 is 15.5. The molecule has 1 saturated carbocycles. The maximum atomic E-state index is 14.1. The fourth-order valence-electron chi connectivity index (χ4n) is 7.34. The molecule has 3 heterocycles. The Morgan fingerprint density at radius 1 is 0.940 bits per heavy atom. The number of rotatable bonds is 6. The third kappa shape index (κ3) is 4.59. The number of aromatic nitrogens is 5. The van der Waals surface area contributed by atoms with E-state index in [1.807, 2.05) is 0 Å². The van der Waals surface area contributed by atoms with Gasteiger partial charge in [-0.3, -0.25) is 14.4 Å². The molecule has 0 saturated heterocycles. The number of ether oxygens (including phenoxy) is 2. The van der Waals surface area contributed by atoms with E-state index in [0.29, 0.717) is 33.7 Å². The number of hydrogen-bond donors (Lipinski definition) is 1. The van der Waals surface area contributed by atoms with Crippen LogP contribution in [0.1, 0.15) is 29.6 Å². The van der Waals surface area contributed by atoms with Crippen LogP contribution >= 0.6 is 46.4 Å². The summed E-state index contributed by atoms with van der Waals surface area (Å²) in [6, 6.07) is 8.04. The van der Waals surface area contributed by atoms with Gasteiger partial charge in [-0.05, 0) is 23.3 Å². The highest BCUT2D eigenvalue weighted by Crippen LogP contribution is 2.63. The standard InChI is InChI=1S/C33H27Cl4N5O8/c1-39-20-13-23(50-3)22(49-2)12-19(20)38-18(29(39)46)9-10-40-30(47)41-11-8-17-21(42(41)31(40)48)14-32(36)27(44)25(34)26(35)28(45)33(32,37)24(17)15-4-6-16(43)7-5-15/h4-8,12-13,21,24,43H,9-11,14H2,1-3H3. The number of methoxy groups -OCH3 is 2. The van der Waals surface area contributed by atoms with E-state index in [1.54, 1.807) is 25.3 Å². The van der Waals surface area contributed by atoms with E-state index < -0.39 is 60.3 Å². The highest BCUT2D eigenvalue weighted by molar-refractivity contribution is 6.66. The van der Waals surface area contributed by atoms with Crippen molar-refractivity contribution in [3.63, 3.8) is 0 Å². The molecular formula is C33H27Cl4N5O8. The number of benzene rings is 2. The van der Waals surface area contributed by atoms with Crippen molar-refractivity contribution < 1.29 is 24.2 Å². The van der Waals surface area contributed by atoms with Gasteiger partial charge in [-0.2, -0.15) is 0 Å². The van der Waals surface area contributed by atoms with E-state index in [0.717, 1.165) is 4.57 Å². The number of phenols is 1. The molecule has 0 amide bonds. The van der Waals surface area contributed by atoms with Crippen molar-refractivity contribution >= 4 is 69.0 Å². The number of carbonyl (C=O) groups is 2. The number of nitrogens with zero attached hydrogens (tertiary/aromatic N) is 5. The molecule has 4 unspecified atom stereocenters. The minimum Gasteiger partial charge on any atom is -0.508 e. The fourth-order valence-corrected chi connectivity index (χ4v) is 8.86. The number of hydrogen-bond acceptors (Lipinski definition) is 9. The molecule has 0 spiro atoms. The molecule has 7 rings (SSSR count). The van der Waals surface area contributed by atoms with E-state index in [2.05, 4.69) is 4.98 Å². The lowest BCUT2D eigenvalue weighted by molar-refractivity contribution is -0.128. The van der Waals surface area contributed by atoms with Crippen molar-refractivity contribution in [2.75, 3.05) is 14.2 Å². The zero-order valence-electron chi connectivity index (χ0n) is 26.6. The van der Waals surface area contributed by atoms with E-state index in [4.69, 9.17) is 55.9 Å². The number of carbonyl (C=O) groups excluding carboxylic acids is 2. The van der Waals surface area contributed by atoms with Crippen molar-refractivity contribution in [1.82, 2.24) is 23.5 Å². The highest BCUT2D eigenvalue weighted by Gasteiger charge is 2.71. The molecule has 50 heavy (non-hydrogen) atoms. The SMILES string of the molecule is COc1cc2nc(CCn3c(=O)n4n(c3=O)C3CC5(Cl)C(=O)C(Cl)=C(Cl)C(=O)C5(Cl)C(c5ccc(O)cc5)C3=CC4)c(=O)n(C)c2cc1OC. The molecular weight excluding hydrogens is 736 g/mol. The number of allylic oxidation sites excluding steroid dienone is 4. The van der Waals surface area contributed by atoms with Crippen LogP contribution in [0.25, 0.3) is 11.0 Å². The second-order valence-corrected chi connectivity index (χ2v) is 14.3. The molecule has 1 aliphatic heterocycles. The lowest BCUT2D eigenvalue weighted by Gasteiger charge is -2.54. The Bertz CT molecular complexity index is 2410. The average Bonchev–Trinajstić information content (AvgIpc) is 3.36. The molecule has 0 bridgehead atoms. The molecule has 1 N–H and O–H groups in total. The van der Waals surface area contributed by atoms with Crippen LogP contribution < -0.4 is 26.4 Å². The van der Waals surface area contributed by atoms with E-state index >= 15 is 0 Å². The Morgan fingerprint density at radius 3 is 2.24 bits per heavy atom. The summed E-state index contributed by atoms with van der Waals surface area (Å²) >= 11 is 26.8. The van der Waals surface area contributed by atoms with Gasteiger partial charge in [0.05, 0.1) is 37.8 Å². The van der Waals surface area contributed by atoms with Crippen molar-refractivity contribution in [3.8, 4) is 17.2 Å². The van der Waals surface area contributed by atoms with E-state index in [-0.39, 0.29) is 37.4 Å². The lowest BCUT2D eigenvalue weighted by Crippen LogP contribution is -2.67. The van der Waals surface area contributed by atoms with Gasteiger partial charge in [0.15, 0.2) is 23.1 Å². The van der Waals surface area contributed by atoms with Gasteiger partial charge in [-0.1, -0.05) is 41.4 Å². The smallest absolute Gasteiger partial charge is 0.347 e. The van der Waals surface area contributed by atoms with Gasteiger partial charge in [0.1, 0.15) is 31.3 Å². The zero-order valence-corrected chi connectivity index (χ0v) is 29.6. The number of aromatic hydroxyl groups is 1. The Balaban J connectivity index is 1.32. The summed E-state index contributed by atoms with van der Waals surface area (Å²) in [6.45, 7) is -0.296. The first-order valence-corrected chi connectivity index (χ1v) is 16.8. The quantitative estimate of drug-likeness (QED) is 0.230. The van der Waals surface area contributed by atoms with Gasteiger partial charge in [-0.25, -0.2) is 28.5 Å². The van der Waals surface area contributed by atoms with Crippen molar-refractivity contribution in [3.05, 3.63) is 101 Å². The first kappa shape index (κ1) is 34.2. The Labute approximate surface area is 302 Å². The minimum absolute atomic E-state index is 0.0664. The van der Waals surface area contributed by atoms with Crippen LogP contribution in [0.4, 0.5) is 0 Å². The number of ketones is 2. The van der Waals surface area contributed by atoms with Crippen LogP contribution in [-0.2, 0) is 36.1 Å². The molecule has 17 heteroatoms. The van der Waals surface area contributed by atoms with Crippen molar-refractivity contribution in [2.45, 2.75) is 47.6 Å². The summed E-state index contributed by atoms with van der Waals surface area (Å²) in [6.07, 6.45) is 1.21. The second-order valence-electron chi connectivity index (χ2n) is 12.3. The maximum absolute atomic E-state index is 14.1. The van der Waals surface area contributed by atoms with Gasteiger partial charge < -0.3 is 19.1 Å². The van der Waals surface area contributed by atoms with Crippen LogP contribution in [0.5, 0.6) is 17.2 Å². The van der Waals surface area contributed by atoms with Gasteiger partial charge in [0, 0.05) is 44.5 Å². The van der Waals surface area contributed by atoms with Crippen LogP contribution in [0.2, 0.25) is 0 Å². The molecule has 2 aliphatic carbocycles. The van der Waals surface area contributed by atoms with Crippen molar-refractivity contribution in [1.29, 1.82) is 0 Å². The Kier molecular flexibility index (Phi) is 8.13. The molecule has 1 fully saturated rings. The maximum Gasteiger partial charge on any atom is 0.347 e. The average molecular weight is 763 g/mol. The van der Waals surface area contributed by atoms with Crippen molar-refractivity contribution in [2.24, 2.45) is 7.05 Å². The number of fused-ring (bicyclic) bond motifs is 5. The number of phenolic OH excluding ortho intramolecular Hbond substituents is 1. The number of aryl methyl sites for hydroxylation is 2. The molecule has 2 aromatic heterocycles. The van der Waals surface area contributed by atoms with E-state index in [1.165, 1.54) is 52.4 Å². The third-order valence-electron chi connectivity index (χ3n) is 9.83. The molecule has 4 atom stereocenters. The van der Waals surface area contributed by atoms with Gasteiger partial charge in [0.25, 0.3) is 5.56 Å². The second kappa shape index (κ2) is 11.9. The topological polar surface area (TPSA) is 157 Å². The number of alkyl halides is 2. The molecule has 260 valence electrons. The number of halogens is 4. The summed E-state index contributed by atoms with van der Waals surface area (Å²) in [7, 11) is 4.53. The predicted molar refractivity (Wildman–Crippen MR) is 185 cm³/mol. The first-order valence-electron chi connectivity index (χ1n) is 15.2. The van der Waals surface area contributed by atoms with Crippen LogP contribution in [-0.4, -0.2) is 64.1 Å². The van der Waals surface area contributed by atoms with Crippen LogP contribution in [0, 0.1) is 0 Å². The fraction of sp³-hybridized carbons (Fsp3) is 0.333. The number of Topliss-reactive ketones (excluding diaryl/α,β-unsaturated/α-hetero) is 2. The predicted octanol–water partition coefficient (Wildman–Crippen LogP) is 3.49. The van der Waals surface area contributed by atoms with Crippen LogP contribution in [0.3, 0.4) is 0 Å². The lowest BCUT2D eigenvalue weighted by atomic mass is 9.59. The molecule has 2 aromatic carbocycles. The summed E-state index contributed by atoms with van der Waals surface area (Å²) in [4.78, 5) is 69.0. The van der Waals surface area contributed by atoms with Gasteiger partial charge >= 0.3 is 11.4 Å². The van der Waals surface area contributed by atoms with E-state index in [9.17, 15) is 29.1 Å². The summed E-state index contributed by atoms with van der Waals surface area (Å²) in [5.74, 6) is -2.14. The normalized spacial score (nSPS) is 24.5. The monoisotopic (exact) mass is 761 g/mol. The molecule has 0 radical (unpaired) electrons. The summed E-state index contributed by atoms with van der Waals surface area (Å²) in [5, 5.41) is 8.86.